The molecule has 1 saturated heterocycles. The van der Waals surface area contributed by atoms with Gasteiger partial charge in [0.1, 0.15) is 11.6 Å². The Bertz CT molecular complexity index is 1480. The molecule has 3 heterocycles. The first-order chi connectivity index (χ1) is 18.1. The molecule has 0 radical (unpaired) electrons. The van der Waals surface area contributed by atoms with E-state index in [0.717, 1.165) is 32.5 Å². The van der Waals surface area contributed by atoms with Gasteiger partial charge in [-0.25, -0.2) is 13.6 Å². The summed E-state index contributed by atoms with van der Waals surface area (Å²) in [6.07, 6.45) is -0.189. The van der Waals surface area contributed by atoms with E-state index in [1.165, 1.54) is 17.0 Å². The van der Waals surface area contributed by atoms with Crippen LogP contribution < -0.4 is 10.6 Å². The molecular formula is C28H30F2N4O3S. The lowest BCUT2D eigenvalue weighted by molar-refractivity contribution is -0.133. The van der Waals surface area contributed by atoms with E-state index in [0.29, 0.717) is 31.2 Å². The topological polar surface area (TPSA) is 67.7 Å². The number of nitrogens with zero attached hydrogens (tertiary/aromatic N) is 4. The van der Waals surface area contributed by atoms with Crippen LogP contribution in [0.4, 0.5) is 14.6 Å². The summed E-state index contributed by atoms with van der Waals surface area (Å²) >= 11 is 1.62. The van der Waals surface area contributed by atoms with Gasteiger partial charge >= 0.3 is 5.69 Å². The Hall–Kier alpha value is -3.24. The van der Waals surface area contributed by atoms with Crippen molar-refractivity contribution in [3.8, 4) is 11.1 Å². The van der Waals surface area contributed by atoms with Gasteiger partial charge in [-0.3, -0.25) is 9.36 Å². The molecule has 1 fully saturated rings. The molecule has 1 aromatic heterocycles. The van der Waals surface area contributed by atoms with Gasteiger partial charge in [0.05, 0.1) is 18.2 Å². The van der Waals surface area contributed by atoms with Gasteiger partial charge in [-0.15, -0.1) is 11.8 Å². The van der Waals surface area contributed by atoms with Crippen LogP contribution in [0.2, 0.25) is 0 Å². The van der Waals surface area contributed by atoms with Gasteiger partial charge in [0, 0.05) is 53.9 Å². The number of hydrogen-bond donors (Lipinski definition) is 0. The summed E-state index contributed by atoms with van der Waals surface area (Å²) in [4.78, 5) is 34.9. The predicted octanol–water partition coefficient (Wildman–Crippen LogP) is 4.54. The number of halogens is 2. The van der Waals surface area contributed by atoms with Crippen molar-refractivity contribution in [2.75, 3.05) is 30.9 Å². The Morgan fingerprint density at radius 2 is 1.82 bits per heavy atom. The van der Waals surface area contributed by atoms with Gasteiger partial charge in [-0.05, 0) is 50.1 Å². The lowest BCUT2D eigenvalue weighted by Crippen LogP contribution is -2.59. The number of piperazine rings is 1. The van der Waals surface area contributed by atoms with Gasteiger partial charge in [0.25, 0.3) is 5.91 Å². The molecule has 200 valence electrons. The number of anilines is 1. The highest BCUT2D eigenvalue weighted by molar-refractivity contribution is 7.99. The monoisotopic (exact) mass is 540 g/mol. The van der Waals surface area contributed by atoms with Crippen molar-refractivity contribution in [1.29, 1.82) is 0 Å². The zero-order valence-electron chi connectivity index (χ0n) is 21.8. The Morgan fingerprint density at radius 1 is 1.16 bits per heavy atom. The van der Waals surface area contributed by atoms with Crippen LogP contribution in [0, 0.1) is 12.7 Å². The molecule has 2 aliphatic heterocycles. The minimum atomic E-state index is -0.986. The fraction of sp³-hybridized carbons (Fsp3) is 0.393. The molecule has 1 amide bonds. The maximum atomic E-state index is 13.7. The summed E-state index contributed by atoms with van der Waals surface area (Å²) in [5.41, 5.74) is 3.17. The number of aromatic nitrogens is 2. The average molecular weight is 541 g/mol. The smallest absolute Gasteiger partial charge is 0.350 e. The van der Waals surface area contributed by atoms with E-state index < -0.39 is 11.7 Å². The Morgan fingerprint density at radius 3 is 2.42 bits per heavy atom. The van der Waals surface area contributed by atoms with Crippen molar-refractivity contribution in [3.63, 3.8) is 0 Å². The molecule has 0 N–H and O–H groups in total. The van der Waals surface area contributed by atoms with E-state index in [4.69, 9.17) is 4.74 Å². The van der Waals surface area contributed by atoms with Gasteiger partial charge in [-0.2, -0.15) is 4.98 Å². The van der Waals surface area contributed by atoms with Gasteiger partial charge in [0.15, 0.2) is 5.83 Å². The Labute approximate surface area is 224 Å². The fourth-order valence-electron chi connectivity index (χ4n) is 5.66. The van der Waals surface area contributed by atoms with Crippen LogP contribution in [0.15, 0.2) is 52.4 Å². The van der Waals surface area contributed by atoms with Crippen LogP contribution >= 0.6 is 11.8 Å². The number of ether oxygens (including phenoxy) is 1. The number of thioether (sulfide) groups is 1. The number of aryl methyl sites for hydroxylation is 1. The third-order valence-electron chi connectivity index (χ3n) is 7.35. The Kier molecular flexibility index (Phi) is 7.04. The van der Waals surface area contributed by atoms with E-state index in [1.807, 2.05) is 31.7 Å². The van der Waals surface area contributed by atoms with E-state index in [-0.39, 0.29) is 29.7 Å². The first kappa shape index (κ1) is 26.4. The molecular weight excluding hydrogens is 510 g/mol. The van der Waals surface area contributed by atoms with Crippen LogP contribution in [-0.4, -0.2) is 64.5 Å². The maximum absolute atomic E-state index is 13.7. The average Bonchev–Trinajstić information content (AvgIpc) is 3.07. The summed E-state index contributed by atoms with van der Waals surface area (Å²) in [7, 11) is 1.63. The van der Waals surface area contributed by atoms with Crippen molar-refractivity contribution in [3.05, 3.63) is 64.6 Å². The van der Waals surface area contributed by atoms with Crippen molar-refractivity contribution in [1.82, 2.24) is 14.5 Å². The number of rotatable bonds is 4. The van der Waals surface area contributed by atoms with Gasteiger partial charge in [0.2, 0.25) is 0 Å². The molecule has 5 rings (SSSR count). The molecule has 0 aliphatic carbocycles. The van der Waals surface area contributed by atoms with E-state index in [2.05, 4.69) is 11.6 Å². The molecule has 7 nitrogen and oxygen atoms in total. The summed E-state index contributed by atoms with van der Waals surface area (Å²) in [5.74, 6) is -0.835. The van der Waals surface area contributed by atoms with E-state index >= 15 is 0 Å². The third-order valence-corrected chi connectivity index (χ3v) is 8.57. The Balaban J connectivity index is 1.71. The second-order valence-electron chi connectivity index (χ2n) is 10.0. The van der Waals surface area contributed by atoms with Crippen molar-refractivity contribution in [2.24, 2.45) is 0 Å². The molecule has 3 aromatic rings. The second-order valence-corrected chi connectivity index (χ2v) is 11.0. The van der Waals surface area contributed by atoms with Crippen LogP contribution in [-0.2, 0) is 16.1 Å². The zero-order valence-corrected chi connectivity index (χ0v) is 22.6. The van der Waals surface area contributed by atoms with Crippen molar-refractivity contribution in [2.45, 2.75) is 50.4 Å². The van der Waals surface area contributed by atoms with Crippen LogP contribution in [0.25, 0.3) is 22.0 Å². The van der Waals surface area contributed by atoms with Crippen LogP contribution in [0.1, 0.15) is 19.4 Å². The van der Waals surface area contributed by atoms with Crippen LogP contribution in [0.3, 0.4) is 0 Å². The number of hydrogen-bond acceptors (Lipinski definition) is 6. The van der Waals surface area contributed by atoms with Gasteiger partial charge in [-0.1, -0.05) is 18.7 Å². The number of amides is 1. The first-order valence-electron chi connectivity index (χ1n) is 12.5. The second kappa shape index (κ2) is 10.1. The highest BCUT2D eigenvalue weighted by Crippen LogP contribution is 2.43. The molecule has 0 saturated carbocycles. The highest BCUT2D eigenvalue weighted by atomic mass is 32.2. The molecule has 38 heavy (non-hydrogen) atoms. The van der Waals surface area contributed by atoms with Crippen molar-refractivity contribution >= 4 is 34.4 Å². The maximum Gasteiger partial charge on any atom is 0.350 e. The van der Waals surface area contributed by atoms with E-state index in [9.17, 15) is 18.4 Å². The zero-order chi connectivity index (χ0) is 27.3. The highest BCUT2D eigenvalue weighted by Gasteiger charge is 2.36. The largest absolute Gasteiger partial charge is 0.379 e. The molecule has 2 aromatic carbocycles. The molecule has 3 atom stereocenters. The summed E-state index contributed by atoms with van der Waals surface area (Å²) < 4.78 is 34.8. The SMILES string of the molecule is C=C(F)C(=O)N1[C@H](C)CN(c2nc(=O)n3c4c(c(-c5ccc(F)cc5)c(C)cc24)SC[C@@H](OC)C3)C[C@@H]1C. The number of benzene rings is 2. The minimum Gasteiger partial charge on any atom is -0.379 e. The van der Waals surface area contributed by atoms with Crippen LogP contribution in [0.5, 0.6) is 0 Å². The molecule has 0 bridgehead atoms. The number of methoxy groups -OCH3 is 1. The lowest BCUT2D eigenvalue weighted by atomic mass is 9.97. The third kappa shape index (κ3) is 4.49. The number of carbonyl (C=O) groups excluding carboxylic acids is 1. The summed E-state index contributed by atoms with van der Waals surface area (Å²) in [5, 5.41) is 0.821. The standard InChI is InChI=1S/C28H30F2N4O3S/c1-15-10-22-24-25(23(15)19-6-8-20(30)9-7-19)38-14-21(37-5)13-33(24)28(36)31-26(22)32-11-16(2)34(17(3)12-32)27(35)18(4)29/h6-10,16-17,21H,4,11-14H2,1-3,5H3/t16-,17+,21-/m0/s1. The first-order valence-corrected chi connectivity index (χ1v) is 13.5. The predicted molar refractivity (Wildman–Crippen MR) is 146 cm³/mol. The normalized spacial score (nSPS) is 21.5. The molecule has 10 heteroatoms. The van der Waals surface area contributed by atoms with Gasteiger partial charge < -0.3 is 14.5 Å². The van der Waals surface area contributed by atoms with Crippen molar-refractivity contribution < 1.29 is 18.3 Å². The summed E-state index contributed by atoms with van der Waals surface area (Å²) in [6, 6.07) is 7.77. The summed E-state index contributed by atoms with van der Waals surface area (Å²) in [6.45, 7) is 10.0. The quantitative estimate of drug-likeness (QED) is 0.453. The number of carbonyl (C=O) groups is 1. The minimum absolute atomic E-state index is 0.189. The fourth-order valence-corrected chi connectivity index (χ4v) is 7.03. The lowest BCUT2D eigenvalue weighted by Gasteiger charge is -2.44. The molecule has 0 spiro atoms. The van der Waals surface area contributed by atoms with E-state index in [1.54, 1.807) is 35.6 Å². The molecule has 2 aliphatic rings. The molecule has 0 unspecified atom stereocenters.